The summed E-state index contributed by atoms with van der Waals surface area (Å²) in [5.74, 6) is -0.0933. The Morgan fingerprint density at radius 2 is 2.26 bits per heavy atom. The standard InChI is InChI=1S/C21H22ClN3O2/c1-2-27-20(26)21-10-4-3-5-18(21)24-17-13-14(22)6-7-15(17)16-9-12-23-25(16)19(24)8-11-21/h5-7,9,12-13,19H,2-4,8,10-11H2,1H3/t19-,21+/m0/s1. The molecule has 3 heterocycles. The molecule has 0 spiro atoms. The molecule has 1 aromatic heterocycles. The Balaban J connectivity index is 1.71. The first-order chi connectivity index (χ1) is 13.2. The molecule has 5 rings (SSSR count). The number of benzene rings is 1. The van der Waals surface area contributed by atoms with Crippen molar-refractivity contribution in [3.05, 3.63) is 47.3 Å². The summed E-state index contributed by atoms with van der Waals surface area (Å²) in [6, 6.07) is 8.02. The quantitative estimate of drug-likeness (QED) is 0.689. The van der Waals surface area contributed by atoms with Crippen LogP contribution >= 0.6 is 11.6 Å². The normalized spacial score (nSPS) is 25.6. The van der Waals surface area contributed by atoms with E-state index in [-0.39, 0.29) is 12.1 Å². The van der Waals surface area contributed by atoms with Gasteiger partial charge in [0.15, 0.2) is 0 Å². The van der Waals surface area contributed by atoms with Crippen molar-refractivity contribution in [1.82, 2.24) is 9.78 Å². The van der Waals surface area contributed by atoms with Gasteiger partial charge in [0.1, 0.15) is 11.6 Å². The third-order valence-corrected chi connectivity index (χ3v) is 6.37. The van der Waals surface area contributed by atoms with Crippen molar-refractivity contribution in [1.29, 1.82) is 0 Å². The van der Waals surface area contributed by atoms with Gasteiger partial charge in [-0.15, -0.1) is 0 Å². The van der Waals surface area contributed by atoms with Crippen LogP contribution in [0, 0.1) is 5.41 Å². The van der Waals surface area contributed by atoms with Crippen LogP contribution in [-0.2, 0) is 9.53 Å². The molecule has 3 aliphatic rings. The van der Waals surface area contributed by atoms with Gasteiger partial charge in [0, 0.05) is 22.5 Å². The number of allylic oxidation sites excluding steroid dienone is 1. The van der Waals surface area contributed by atoms with Gasteiger partial charge < -0.3 is 9.64 Å². The number of anilines is 1. The van der Waals surface area contributed by atoms with Crippen LogP contribution < -0.4 is 4.90 Å². The lowest BCUT2D eigenvalue weighted by atomic mass is 9.69. The summed E-state index contributed by atoms with van der Waals surface area (Å²) in [6.45, 7) is 2.28. The van der Waals surface area contributed by atoms with Crippen LogP contribution in [0.15, 0.2) is 42.2 Å². The third kappa shape index (κ3) is 2.30. The van der Waals surface area contributed by atoms with Crippen LogP contribution in [-0.4, -0.2) is 22.4 Å². The Kier molecular flexibility index (Phi) is 3.83. The molecule has 2 aliphatic heterocycles. The van der Waals surface area contributed by atoms with Crippen molar-refractivity contribution in [2.45, 2.75) is 45.2 Å². The smallest absolute Gasteiger partial charge is 0.318 e. The number of fused-ring (bicyclic) bond motifs is 8. The Labute approximate surface area is 163 Å². The number of esters is 1. The summed E-state index contributed by atoms with van der Waals surface area (Å²) < 4.78 is 7.62. The number of piperidine rings is 1. The predicted octanol–water partition coefficient (Wildman–Crippen LogP) is 4.93. The van der Waals surface area contributed by atoms with E-state index in [9.17, 15) is 4.79 Å². The van der Waals surface area contributed by atoms with Crippen molar-refractivity contribution in [3.63, 3.8) is 0 Å². The number of aromatic nitrogens is 2. The minimum atomic E-state index is -0.561. The molecule has 0 N–H and O–H groups in total. The van der Waals surface area contributed by atoms with E-state index in [0.717, 1.165) is 54.7 Å². The number of hydrogen-bond donors (Lipinski definition) is 0. The van der Waals surface area contributed by atoms with Crippen LogP contribution in [0.1, 0.15) is 45.2 Å². The lowest BCUT2D eigenvalue weighted by molar-refractivity contribution is -0.155. The van der Waals surface area contributed by atoms with Crippen molar-refractivity contribution < 1.29 is 9.53 Å². The molecule has 0 saturated carbocycles. The summed E-state index contributed by atoms with van der Waals surface area (Å²) in [4.78, 5) is 15.4. The van der Waals surface area contributed by atoms with Gasteiger partial charge in [-0.1, -0.05) is 17.7 Å². The second-order valence-electron chi connectivity index (χ2n) is 7.50. The van der Waals surface area contributed by atoms with Gasteiger partial charge in [-0.3, -0.25) is 4.79 Å². The van der Waals surface area contributed by atoms with Crippen LogP contribution in [0.3, 0.4) is 0 Å². The molecule has 5 nitrogen and oxygen atoms in total. The van der Waals surface area contributed by atoms with Crippen LogP contribution in [0.4, 0.5) is 5.69 Å². The van der Waals surface area contributed by atoms with E-state index in [1.807, 2.05) is 37.4 Å². The molecule has 6 heteroatoms. The van der Waals surface area contributed by atoms with Gasteiger partial charge >= 0.3 is 5.97 Å². The summed E-state index contributed by atoms with van der Waals surface area (Å²) in [7, 11) is 0. The topological polar surface area (TPSA) is 47.4 Å². The van der Waals surface area contributed by atoms with Gasteiger partial charge in [-0.2, -0.15) is 5.10 Å². The average Bonchev–Trinajstić information content (AvgIpc) is 3.17. The fraction of sp³-hybridized carbons (Fsp3) is 0.429. The highest BCUT2D eigenvalue weighted by Crippen LogP contribution is 2.56. The molecule has 2 atom stereocenters. The molecular formula is C21H22ClN3O2. The SMILES string of the molecule is CCOC(=O)[C@@]12CCCC=C1N1c3cc(Cl)ccc3-c3ccnn3[C@H]1CC2. The molecule has 1 aromatic carbocycles. The molecule has 0 amide bonds. The molecule has 1 fully saturated rings. The number of rotatable bonds is 2. The number of carbonyl (C=O) groups is 1. The largest absolute Gasteiger partial charge is 0.465 e. The summed E-state index contributed by atoms with van der Waals surface area (Å²) in [6.07, 6.45) is 8.59. The van der Waals surface area contributed by atoms with Crippen LogP contribution in [0.25, 0.3) is 11.3 Å². The number of hydrogen-bond acceptors (Lipinski definition) is 4. The van der Waals surface area contributed by atoms with E-state index in [4.69, 9.17) is 16.3 Å². The molecule has 140 valence electrons. The van der Waals surface area contributed by atoms with Gasteiger partial charge in [-0.25, -0.2) is 4.68 Å². The van der Waals surface area contributed by atoms with Crippen molar-refractivity contribution >= 4 is 23.3 Å². The molecular weight excluding hydrogens is 362 g/mol. The second kappa shape index (κ2) is 6.13. The van der Waals surface area contributed by atoms with Crippen LogP contribution in [0.2, 0.25) is 5.02 Å². The summed E-state index contributed by atoms with van der Waals surface area (Å²) in [5.41, 5.74) is 3.76. The first-order valence-electron chi connectivity index (χ1n) is 9.66. The lowest BCUT2D eigenvalue weighted by Crippen LogP contribution is -2.51. The minimum Gasteiger partial charge on any atom is -0.465 e. The first kappa shape index (κ1) is 16.9. The van der Waals surface area contributed by atoms with Crippen molar-refractivity contribution in [3.8, 4) is 11.3 Å². The van der Waals surface area contributed by atoms with E-state index < -0.39 is 5.41 Å². The number of ether oxygens (including phenoxy) is 1. The highest BCUT2D eigenvalue weighted by Gasteiger charge is 2.53. The maximum atomic E-state index is 13.1. The van der Waals surface area contributed by atoms with E-state index in [0.29, 0.717) is 11.6 Å². The molecule has 0 unspecified atom stereocenters. The minimum absolute atomic E-state index is 0.0628. The fourth-order valence-corrected chi connectivity index (χ4v) is 5.17. The zero-order valence-corrected chi connectivity index (χ0v) is 16.1. The van der Waals surface area contributed by atoms with E-state index in [1.54, 1.807) is 0 Å². The van der Waals surface area contributed by atoms with Gasteiger partial charge in [-0.05, 0) is 63.3 Å². The van der Waals surface area contributed by atoms with Crippen LogP contribution in [0.5, 0.6) is 0 Å². The maximum absolute atomic E-state index is 13.1. The Morgan fingerprint density at radius 3 is 3.11 bits per heavy atom. The fourth-order valence-electron chi connectivity index (χ4n) is 5.00. The molecule has 27 heavy (non-hydrogen) atoms. The number of halogens is 1. The van der Waals surface area contributed by atoms with Gasteiger partial charge in [0.2, 0.25) is 0 Å². The predicted molar refractivity (Wildman–Crippen MR) is 104 cm³/mol. The zero-order valence-electron chi connectivity index (χ0n) is 15.3. The lowest BCUT2D eigenvalue weighted by Gasteiger charge is -2.52. The highest BCUT2D eigenvalue weighted by molar-refractivity contribution is 6.31. The van der Waals surface area contributed by atoms with Crippen molar-refractivity contribution in [2.75, 3.05) is 11.5 Å². The Morgan fingerprint density at radius 1 is 1.37 bits per heavy atom. The maximum Gasteiger partial charge on any atom is 0.318 e. The zero-order chi connectivity index (χ0) is 18.6. The third-order valence-electron chi connectivity index (χ3n) is 6.14. The monoisotopic (exact) mass is 383 g/mol. The Bertz CT molecular complexity index is 951. The van der Waals surface area contributed by atoms with Crippen molar-refractivity contribution in [2.24, 2.45) is 5.41 Å². The molecule has 0 radical (unpaired) electrons. The highest BCUT2D eigenvalue weighted by atomic mass is 35.5. The van der Waals surface area contributed by atoms with E-state index >= 15 is 0 Å². The summed E-state index contributed by atoms with van der Waals surface area (Å²) >= 11 is 6.37. The molecule has 1 saturated heterocycles. The molecule has 0 bridgehead atoms. The second-order valence-corrected chi connectivity index (χ2v) is 7.93. The molecule has 2 aromatic rings. The van der Waals surface area contributed by atoms with Gasteiger partial charge in [0.05, 0.1) is 18.0 Å². The number of nitrogens with zero attached hydrogens (tertiary/aromatic N) is 3. The van der Waals surface area contributed by atoms with E-state index in [2.05, 4.69) is 20.8 Å². The van der Waals surface area contributed by atoms with E-state index in [1.165, 1.54) is 0 Å². The Hall–Kier alpha value is -2.27. The number of carbonyl (C=O) groups excluding carboxylic acids is 1. The summed E-state index contributed by atoms with van der Waals surface area (Å²) in [5, 5.41) is 5.30. The average molecular weight is 384 g/mol. The van der Waals surface area contributed by atoms with Gasteiger partial charge in [0.25, 0.3) is 0 Å². The molecule has 1 aliphatic carbocycles. The first-order valence-corrected chi connectivity index (χ1v) is 10.0.